The fraction of sp³-hybridized carbons (Fsp3) is 0.0588. The molecule has 0 unspecified atom stereocenters. The van der Waals surface area contributed by atoms with Crippen LogP contribution in [0.1, 0.15) is 11.1 Å². The van der Waals surface area contributed by atoms with Crippen molar-refractivity contribution in [2.45, 2.75) is 0 Å². The van der Waals surface area contributed by atoms with Crippen LogP contribution >= 0.6 is 15.9 Å². The average Bonchev–Trinajstić information content (AvgIpc) is 2.89. The third-order valence-corrected chi connectivity index (χ3v) is 3.84. The Morgan fingerprint density at radius 1 is 1.14 bits per heavy atom. The lowest BCUT2D eigenvalue weighted by Crippen LogP contribution is -2.05. The van der Waals surface area contributed by atoms with E-state index in [1.807, 2.05) is 48.5 Å². The monoisotopic (exact) mass is 357 g/mol. The molecular weight excluding hydrogens is 346 g/mol. The van der Waals surface area contributed by atoms with Gasteiger partial charge in [-0.15, -0.1) is 0 Å². The first-order valence-corrected chi connectivity index (χ1v) is 7.38. The van der Waals surface area contributed by atoms with E-state index in [1.54, 1.807) is 13.2 Å². The minimum Gasteiger partial charge on any atom is -0.497 e. The molecular formula is C17H12BrNO3. The van der Waals surface area contributed by atoms with Gasteiger partial charge in [0, 0.05) is 4.47 Å². The second kappa shape index (κ2) is 6.15. The highest BCUT2D eigenvalue weighted by atomic mass is 79.9. The van der Waals surface area contributed by atoms with Crippen molar-refractivity contribution in [1.29, 1.82) is 0 Å². The molecule has 3 rings (SSSR count). The van der Waals surface area contributed by atoms with Crippen LogP contribution in [-0.2, 0) is 9.53 Å². The van der Waals surface area contributed by atoms with Gasteiger partial charge in [-0.25, -0.2) is 9.79 Å². The number of ether oxygens (including phenoxy) is 2. The number of rotatable bonds is 3. The SMILES string of the molecule is COc1ccc(C=C2N=C(c3ccccc3Br)OC2=O)cc1. The summed E-state index contributed by atoms with van der Waals surface area (Å²) in [5, 5.41) is 0. The number of aliphatic imine (C=N–C) groups is 1. The highest BCUT2D eigenvalue weighted by Gasteiger charge is 2.25. The second-order valence-electron chi connectivity index (χ2n) is 4.59. The maximum atomic E-state index is 12.0. The van der Waals surface area contributed by atoms with Crippen LogP contribution in [-0.4, -0.2) is 19.0 Å². The Labute approximate surface area is 136 Å². The smallest absolute Gasteiger partial charge is 0.363 e. The molecule has 2 aromatic carbocycles. The topological polar surface area (TPSA) is 47.9 Å². The van der Waals surface area contributed by atoms with Crippen molar-refractivity contribution in [2.24, 2.45) is 4.99 Å². The van der Waals surface area contributed by atoms with Gasteiger partial charge in [-0.05, 0) is 51.8 Å². The molecule has 2 aromatic rings. The number of carbonyl (C=O) groups is 1. The lowest BCUT2D eigenvalue weighted by molar-refractivity contribution is -0.129. The molecule has 1 aliphatic heterocycles. The molecule has 0 N–H and O–H groups in total. The van der Waals surface area contributed by atoms with Crippen LogP contribution in [0.3, 0.4) is 0 Å². The highest BCUT2D eigenvalue weighted by molar-refractivity contribution is 9.10. The van der Waals surface area contributed by atoms with Crippen LogP contribution in [0.5, 0.6) is 5.75 Å². The molecule has 4 nitrogen and oxygen atoms in total. The van der Waals surface area contributed by atoms with E-state index in [2.05, 4.69) is 20.9 Å². The Morgan fingerprint density at radius 3 is 2.55 bits per heavy atom. The van der Waals surface area contributed by atoms with Gasteiger partial charge in [0.2, 0.25) is 5.90 Å². The number of esters is 1. The van der Waals surface area contributed by atoms with Crippen LogP contribution in [0, 0.1) is 0 Å². The molecule has 0 radical (unpaired) electrons. The van der Waals surface area contributed by atoms with Gasteiger partial charge in [-0.2, -0.15) is 0 Å². The van der Waals surface area contributed by atoms with E-state index in [0.29, 0.717) is 5.90 Å². The maximum Gasteiger partial charge on any atom is 0.363 e. The predicted molar refractivity (Wildman–Crippen MR) is 87.7 cm³/mol. The summed E-state index contributed by atoms with van der Waals surface area (Å²) in [7, 11) is 1.61. The molecule has 110 valence electrons. The van der Waals surface area contributed by atoms with E-state index < -0.39 is 5.97 Å². The Bertz CT molecular complexity index is 779. The standard InChI is InChI=1S/C17H12BrNO3/c1-21-12-8-6-11(7-9-12)10-15-17(20)22-16(19-15)13-4-2-3-5-14(13)18/h2-10H,1H3. The van der Waals surface area contributed by atoms with E-state index >= 15 is 0 Å². The van der Waals surface area contributed by atoms with Crippen LogP contribution in [0.4, 0.5) is 0 Å². The molecule has 0 aliphatic carbocycles. The number of benzene rings is 2. The Balaban J connectivity index is 1.92. The highest BCUT2D eigenvalue weighted by Crippen LogP contribution is 2.24. The molecule has 0 aromatic heterocycles. The van der Waals surface area contributed by atoms with Crippen molar-refractivity contribution in [2.75, 3.05) is 7.11 Å². The van der Waals surface area contributed by atoms with Crippen molar-refractivity contribution in [3.8, 4) is 5.75 Å². The molecule has 0 bridgehead atoms. The molecule has 1 heterocycles. The number of hydrogen-bond acceptors (Lipinski definition) is 4. The van der Waals surface area contributed by atoms with Gasteiger partial charge in [0.15, 0.2) is 5.70 Å². The molecule has 5 heteroatoms. The number of methoxy groups -OCH3 is 1. The number of nitrogens with zero attached hydrogens (tertiary/aromatic N) is 1. The summed E-state index contributed by atoms with van der Waals surface area (Å²) in [6.07, 6.45) is 1.69. The summed E-state index contributed by atoms with van der Waals surface area (Å²) in [6.45, 7) is 0. The van der Waals surface area contributed by atoms with Gasteiger partial charge < -0.3 is 9.47 Å². The largest absolute Gasteiger partial charge is 0.497 e. The zero-order valence-electron chi connectivity index (χ0n) is 11.7. The van der Waals surface area contributed by atoms with E-state index in [0.717, 1.165) is 21.3 Å². The number of carbonyl (C=O) groups excluding carboxylic acids is 1. The first-order valence-electron chi connectivity index (χ1n) is 6.59. The number of hydrogen-bond donors (Lipinski definition) is 0. The van der Waals surface area contributed by atoms with Crippen LogP contribution in [0.2, 0.25) is 0 Å². The summed E-state index contributed by atoms with van der Waals surface area (Å²) in [4.78, 5) is 16.2. The summed E-state index contributed by atoms with van der Waals surface area (Å²) in [6, 6.07) is 14.8. The zero-order valence-corrected chi connectivity index (χ0v) is 13.3. The average molecular weight is 358 g/mol. The summed E-state index contributed by atoms with van der Waals surface area (Å²) in [5.41, 5.74) is 1.87. The first-order chi connectivity index (χ1) is 10.7. The van der Waals surface area contributed by atoms with Gasteiger partial charge in [0.25, 0.3) is 0 Å². The van der Waals surface area contributed by atoms with E-state index in [1.165, 1.54) is 0 Å². The summed E-state index contributed by atoms with van der Waals surface area (Å²) >= 11 is 3.42. The van der Waals surface area contributed by atoms with Gasteiger partial charge in [-0.1, -0.05) is 24.3 Å². The Hall–Kier alpha value is -2.40. The first kappa shape index (κ1) is 14.5. The minimum absolute atomic E-state index is 0.274. The third kappa shape index (κ3) is 2.94. The fourth-order valence-electron chi connectivity index (χ4n) is 2.02. The fourth-order valence-corrected chi connectivity index (χ4v) is 2.47. The van der Waals surface area contributed by atoms with E-state index in [4.69, 9.17) is 9.47 Å². The molecule has 22 heavy (non-hydrogen) atoms. The third-order valence-electron chi connectivity index (χ3n) is 3.14. The number of cyclic esters (lactones) is 1. The molecule has 1 aliphatic rings. The Kier molecular flexibility index (Phi) is 4.06. The van der Waals surface area contributed by atoms with Gasteiger partial charge >= 0.3 is 5.97 Å². The van der Waals surface area contributed by atoms with E-state index in [-0.39, 0.29) is 5.70 Å². The Morgan fingerprint density at radius 2 is 1.86 bits per heavy atom. The lowest BCUT2D eigenvalue weighted by Gasteiger charge is -2.01. The minimum atomic E-state index is -0.457. The van der Waals surface area contributed by atoms with Crippen LogP contribution in [0.25, 0.3) is 6.08 Å². The van der Waals surface area contributed by atoms with Crippen molar-refractivity contribution in [1.82, 2.24) is 0 Å². The van der Waals surface area contributed by atoms with Crippen molar-refractivity contribution in [3.05, 3.63) is 69.8 Å². The van der Waals surface area contributed by atoms with Gasteiger partial charge in [0.1, 0.15) is 5.75 Å². The normalized spacial score (nSPS) is 15.6. The lowest BCUT2D eigenvalue weighted by atomic mass is 10.2. The van der Waals surface area contributed by atoms with Crippen molar-refractivity contribution in [3.63, 3.8) is 0 Å². The van der Waals surface area contributed by atoms with Gasteiger partial charge in [-0.3, -0.25) is 0 Å². The van der Waals surface area contributed by atoms with Crippen LogP contribution < -0.4 is 4.74 Å². The molecule has 0 atom stereocenters. The van der Waals surface area contributed by atoms with Crippen molar-refractivity contribution >= 4 is 33.9 Å². The maximum absolute atomic E-state index is 12.0. The summed E-state index contributed by atoms with van der Waals surface area (Å²) < 4.78 is 11.2. The van der Waals surface area contributed by atoms with Crippen molar-refractivity contribution < 1.29 is 14.3 Å². The zero-order chi connectivity index (χ0) is 15.5. The summed E-state index contributed by atoms with van der Waals surface area (Å²) in [5.74, 6) is 0.604. The van der Waals surface area contributed by atoms with E-state index in [9.17, 15) is 4.79 Å². The van der Waals surface area contributed by atoms with Gasteiger partial charge in [0.05, 0.1) is 12.7 Å². The quantitative estimate of drug-likeness (QED) is 0.619. The van der Waals surface area contributed by atoms with Crippen LogP contribution in [0.15, 0.2) is 63.7 Å². The molecule has 0 saturated carbocycles. The second-order valence-corrected chi connectivity index (χ2v) is 5.44. The predicted octanol–water partition coefficient (Wildman–Crippen LogP) is 3.80. The number of halogens is 1. The molecule has 0 spiro atoms. The molecule has 0 amide bonds. The molecule has 0 fully saturated rings. The molecule has 0 saturated heterocycles.